The van der Waals surface area contributed by atoms with Crippen LogP contribution in [0.25, 0.3) is 0 Å². The van der Waals surface area contributed by atoms with Crippen molar-refractivity contribution in [2.75, 3.05) is 0 Å². The van der Waals surface area contributed by atoms with Crippen molar-refractivity contribution in [1.29, 1.82) is 0 Å². The summed E-state index contributed by atoms with van der Waals surface area (Å²) in [6.45, 7) is 3.70. The summed E-state index contributed by atoms with van der Waals surface area (Å²) in [5.41, 5.74) is 0.632. The third-order valence-corrected chi connectivity index (χ3v) is 2.58. The van der Waals surface area contributed by atoms with Gasteiger partial charge in [-0.25, -0.2) is 4.79 Å². The Balaban J connectivity index is 2.71. The summed E-state index contributed by atoms with van der Waals surface area (Å²) in [6, 6.07) is 6.60. The van der Waals surface area contributed by atoms with Crippen LogP contribution >= 0.6 is 0 Å². The maximum Gasteiger partial charge on any atom is 0.344 e. The molecule has 4 heteroatoms. The maximum absolute atomic E-state index is 11.6. The van der Waals surface area contributed by atoms with Crippen LogP contribution in [0.5, 0.6) is 5.75 Å². The zero-order chi connectivity index (χ0) is 13.5. The first-order valence-electron chi connectivity index (χ1n) is 6.11. The molecule has 18 heavy (non-hydrogen) atoms. The summed E-state index contributed by atoms with van der Waals surface area (Å²) < 4.78 is 5.31. The Bertz CT molecular complexity index is 408. The van der Waals surface area contributed by atoms with Crippen molar-refractivity contribution >= 4 is 11.8 Å². The van der Waals surface area contributed by atoms with E-state index in [0.717, 1.165) is 6.42 Å². The summed E-state index contributed by atoms with van der Waals surface area (Å²) >= 11 is 0. The minimum atomic E-state index is -0.983. The van der Waals surface area contributed by atoms with Crippen LogP contribution in [0.1, 0.15) is 43.5 Å². The first kappa shape index (κ1) is 14.2. The van der Waals surface area contributed by atoms with Crippen LogP contribution in [-0.4, -0.2) is 23.0 Å². The Labute approximate surface area is 107 Å². The number of aliphatic carboxylic acids is 1. The van der Waals surface area contributed by atoms with Gasteiger partial charge in [0, 0.05) is 12.0 Å². The molecule has 0 aliphatic carbocycles. The predicted molar refractivity (Wildman–Crippen MR) is 68.0 cm³/mol. The van der Waals surface area contributed by atoms with Crippen molar-refractivity contribution in [3.8, 4) is 5.75 Å². The predicted octanol–water partition coefficient (Wildman–Crippen LogP) is 2.91. The van der Waals surface area contributed by atoms with Gasteiger partial charge in [0.2, 0.25) is 0 Å². The Morgan fingerprint density at radius 3 is 2.28 bits per heavy atom. The molecular weight excluding hydrogens is 232 g/mol. The number of ketones is 1. The largest absolute Gasteiger partial charge is 0.479 e. The highest BCUT2D eigenvalue weighted by molar-refractivity contribution is 5.96. The Morgan fingerprint density at radius 1 is 1.22 bits per heavy atom. The molecule has 0 saturated carbocycles. The summed E-state index contributed by atoms with van der Waals surface area (Å²) in [7, 11) is 0. The van der Waals surface area contributed by atoms with E-state index in [2.05, 4.69) is 0 Å². The van der Waals surface area contributed by atoms with Crippen molar-refractivity contribution in [3.05, 3.63) is 29.8 Å². The van der Waals surface area contributed by atoms with E-state index in [1.165, 1.54) is 0 Å². The SMILES string of the molecule is CCCC(=O)c1ccc(OC(CC)C(=O)O)cc1. The fourth-order valence-electron chi connectivity index (χ4n) is 1.56. The lowest BCUT2D eigenvalue weighted by Gasteiger charge is -2.13. The molecule has 0 aromatic heterocycles. The third-order valence-electron chi connectivity index (χ3n) is 2.58. The summed E-state index contributed by atoms with van der Waals surface area (Å²) in [5, 5.41) is 8.87. The fourth-order valence-corrected chi connectivity index (χ4v) is 1.56. The van der Waals surface area contributed by atoms with Crippen molar-refractivity contribution < 1.29 is 19.4 Å². The zero-order valence-electron chi connectivity index (χ0n) is 10.7. The molecule has 0 aliphatic rings. The third kappa shape index (κ3) is 3.87. The van der Waals surface area contributed by atoms with Gasteiger partial charge in [0.1, 0.15) is 5.75 Å². The van der Waals surface area contributed by atoms with E-state index in [1.54, 1.807) is 31.2 Å². The average molecular weight is 250 g/mol. The van der Waals surface area contributed by atoms with Crippen LogP contribution in [-0.2, 0) is 4.79 Å². The van der Waals surface area contributed by atoms with Gasteiger partial charge in [0.05, 0.1) is 0 Å². The highest BCUT2D eigenvalue weighted by atomic mass is 16.5. The van der Waals surface area contributed by atoms with E-state index < -0.39 is 12.1 Å². The number of carboxylic acids is 1. The van der Waals surface area contributed by atoms with E-state index in [0.29, 0.717) is 24.2 Å². The molecule has 0 heterocycles. The van der Waals surface area contributed by atoms with Crippen LogP contribution < -0.4 is 4.74 Å². The molecule has 1 aromatic carbocycles. The van der Waals surface area contributed by atoms with Gasteiger partial charge in [0.25, 0.3) is 0 Å². The molecule has 4 nitrogen and oxygen atoms in total. The van der Waals surface area contributed by atoms with Crippen molar-refractivity contribution in [2.24, 2.45) is 0 Å². The first-order chi connectivity index (χ1) is 8.58. The average Bonchev–Trinajstić information content (AvgIpc) is 2.36. The van der Waals surface area contributed by atoms with E-state index in [-0.39, 0.29) is 5.78 Å². The fraction of sp³-hybridized carbons (Fsp3) is 0.429. The second-order valence-electron chi connectivity index (χ2n) is 4.05. The van der Waals surface area contributed by atoms with Gasteiger partial charge in [-0.3, -0.25) is 4.79 Å². The molecule has 1 N–H and O–H groups in total. The van der Waals surface area contributed by atoms with Gasteiger partial charge in [-0.05, 0) is 37.1 Å². The van der Waals surface area contributed by atoms with Gasteiger partial charge in [0.15, 0.2) is 11.9 Å². The number of carboxylic acid groups (broad SMARTS) is 1. The van der Waals surface area contributed by atoms with Gasteiger partial charge in [-0.1, -0.05) is 13.8 Å². The number of hydrogen-bond donors (Lipinski definition) is 1. The quantitative estimate of drug-likeness (QED) is 0.756. The van der Waals surface area contributed by atoms with Crippen molar-refractivity contribution in [3.63, 3.8) is 0 Å². The van der Waals surface area contributed by atoms with Crippen molar-refractivity contribution in [2.45, 2.75) is 39.2 Å². The van der Waals surface area contributed by atoms with E-state index >= 15 is 0 Å². The van der Waals surface area contributed by atoms with Crippen molar-refractivity contribution in [1.82, 2.24) is 0 Å². The minimum Gasteiger partial charge on any atom is -0.479 e. The van der Waals surface area contributed by atoms with Crippen LogP contribution in [0.2, 0.25) is 0 Å². The zero-order valence-corrected chi connectivity index (χ0v) is 10.7. The Morgan fingerprint density at radius 2 is 1.83 bits per heavy atom. The van der Waals surface area contributed by atoms with Gasteiger partial charge in [-0.2, -0.15) is 0 Å². The molecule has 1 atom stereocenters. The lowest BCUT2D eigenvalue weighted by atomic mass is 10.1. The number of benzene rings is 1. The minimum absolute atomic E-state index is 0.0920. The second kappa shape index (κ2) is 6.79. The van der Waals surface area contributed by atoms with Gasteiger partial charge in [-0.15, -0.1) is 0 Å². The summed E-state index contributed by atoms with van der Waals surface area (Å²) in [6.07, 6.45) is 0.884. The normalized spacial score (nSPS) is 11.9. The Hall–Kier alpha value is -1.84. The number of ether oxygens (including phenoxy) is 1. The van der Waals surface area contributed by atoms with Crippen LogP contribution in [0.4, 0.5) is 0 Å². The summed E-state index contributed by atoms with van der Waals surface area (Å²) in [4.78, 5) is 22.4. The molecule has 0 saturated heterocycles. The van der Waals surface area contributed by atoms with Gasteiger partial charge < -0.3 is 9.84 Å². The second-order valence-corrected chi connectivity index (χ2v) is 4.05. The number of carbonyl (C=O) groups is 2. The maximum atomic E-state index is 11.6. The molecule has 0 bridgehead atoms. The standard InChI is InChI=1S/C14H18O4/c1-3-5-12(15)10-6-8-11(9-7-10)18-13(4-2)14(16)17/h6-9,13H,3-5H2,1-2H3,(H,16,17). The monoisotopic (exact) mass is 250 g/mol. The molecule has 0 spiro atoms. The lowest BCUT2D eigenvalue weighted by Crippen LogP contribution is -2.25. The lowest BCUT2D eigenvalue weighted by molar-refractivity contribution is -0.145. The Kier molecular flexibility index (Phi) is 5.36. The van der Waals surface area contributed by atoms with Crippen LogP contribution in [0.3, 0.4) is 0 Å². The molecule has 1 aromatic rings. The number of rotatable bonds is 7. The number of hydrogen-bond acceptors (Lipinski definition) is 3. The molecule has 1 unspecified atom stereocenters. The molecule has 0 amide bonds. The molecule has 0 radical (unpaired) electrons. The first-order valence-corrected chi connectivity index (χ1v) is 6.11. The van der Waals surface area contributed by atoms with Gasteiger partial charge >= 0.3 is 5.97 Å². The summed E-state index contributed by atoms with van der Waals surface area (Å²) in [5.74, 6) is -0.421. The van der Waals surface area contributed by atoms with Crippen LogP contribution in [0.15, 0.2) is 24.3 Å². The highest BCUT2D eigenvalue weighted by Crippen LogP contribution is 2.16. The van der Waals surface area contributed by atoms with E-state index in [1.807, 2.05) is 6.92 Å². The molecular formula is C14H18O4. The number of Topliss-reactive ketones (excluding diaryl/α,β-unsaturated/α-hetero) is 1. The molecule has 0 aliphatic heterocycles. The van der Waals surface area contributed by atoms with E-state index in [9.17, 15) is 9.59 Å². The molecule has 1 rings (SSSR count). The number of carbonyl (C=O) groups excluding carboxylic acids is 1. The van der Waals surface area contributed by atoms with Crippen LogP contribution in [0, 0.1) is 0 Å². The topological polar surface area (TPSA) is 63.6 Å². The smallest absolute Gasteiger partial charge is 0.344 e. The highest BCUT2D eigenvalue weighted by Gasteiger charge is 2.16. The van der Waals surface area contributed by atoms with E-state index in [4.69, 9.17) is 9.84 Å². The molecule has 0 fully saturated rings. The molecule has 98 valence electrons.